The van der Waals surface area contributed by atoms with Crippen molar-refractivity contribution in [1.29, 1.82) is 0 Å². The van der Waals surface area contributed by atoms with Gasteiger partial charge in [0.05, 0.1) is 0 Å². The number of likely N-dealkylation sites (tertiary alicyclic amines) is 1. The molecule has 0 bridgehead atoms. The minimum Gasteiger partial charge on any atom is -0.412 e. The van der Waals surface area contributed by atoms with E-state index in [0.29, 0.717) is 11.1 Å². The third-order valence-corrected chi connectivity index (χ3v) is 3.39. The molecule has 0 spiro atoms. The number of hydrogen-bond donors (Lipinski definition) is 0. The molecule has 2 N–H and O–H groups in total. The molecule has 1 rings (SSSR count). The summed E-state index contributed by atoms with van der Waals surface area (Å²) in [4.78, 5) is 2.52. The maximum Gasteiger partial charge on any atom is 0.0155 e. The Morgan fingerprint density at radius 1 is 0.917 bits per heavy atom. The van der Waals surface area contributed by atoms with Crippen molar-refractivity contribution >= 4 is 0 Å². The molecule has 0 radical (unpaired) electrons. The topological polar surface area (TPSA) is 34.7 Å². The molecule has 0 aromatic heterocycles. The molecule has 2 nitrogen and oxygen atoms in total. The summed E-state index contributed by atoms with van der Waals surface area (Å²) in [7, 11) is 2.25. The van der Waals surface area contributed by atoms with Crippen LogP contribution in [-0.4, -0.2) is 28.5 Å². The van der Waals surface area contributed by atoms with Gasteiger partial charge in [0.25, 0.3) is 0 Å². The Morgan fingerprint density at radius 2 is 1.25 bits per heavy atom. The van der Waals surface area contributed by atoms with Gasteiger partial charge in [-0.2, -0.15) is 0 Å². The molecule has 0 aromatic rings. The summed E-state index contributed by atoms with van der Waals surface area (Å²) in [6, 6.07) is 0. The lowest BCUT2D eigenvalue weighted by atomic mass is 9.80. The fourth-order valence-corrected chi connectivity index (χ4v) is 2.11. The molecule has 1 saturated heterocycles. The first-order valence-electron chi connectivity index (χ1n) is 4.60. The number of piperidine rings is 1. The molecular weight excluding hydrogens is 150 g/mol. The van der Waals surface area contributed by atoms with Crippen LogP contribution in [0.1, 0.15) is 47.0 Å². The van der Waals surface area contributed by atoms with Crippen LogP contribution in [-0.2, 0) is 0 Å². The lowest BCUT2D eigenvalue weighted by Gasteiger charge is -2.50. The van der Waals surface area contributed by atoms with Crippen molar-refractivity contribution in [2.75, 3.05) is 7.05 Å². The largest absolute Gasteiger partial charge is 0.412 e. The molecule has 1 aliphatic heterocycles. The number of rotatable bonds is 0. The standard InChI is InChI=1S/C10H21N.H2O/c1-9(2)7-6-8-10(3,4)11(9)5;/h6-8H2,1-5H3;1H2. The molecule has 0 saturated carbocycles. The van der Waals surface area contributed by atoms with Crippen molar-refractivity contribution < 1.29 is 5.48 Å². The summed E-state index contributed by atoms with van der Waals surface area (Å²) >= 11 is 0. The van der Waals surface area contributed by atoms with E-state index in [1.807, 2.05) is 0 Å². The first-order valence-corrected chi connectivity index (χ1v) is 4.60. The molecule has 0 unspecified atom stereocenters. The smallest absolute Gasteiger partial charge is 0.0155 e. The minimum atomic E-state index is 0. The van der Waals surface area contributed by atoms with Crippen LogP contribution in [0.25, 0.3) is 0 Å². The van der Waals surface area contributed by atoms with E-state index in [1.54, 1.807) is 0 Å². The van der Waals surface area contributed by atoms with Crippen molar-refractivity contribution in [3.8, 4) is 0 Å². The molecule has 12 heavy (non-hydrogen) atoms. The first kappa shape index (κ1) is 11.9. The van der Waals surface area contributed by atoms with E-state index in [4.69, 9.17) is 0 Å². The van der Waals surface area contributed by atoms with Gasteiger partial charge < -0.3 is 5.48 Å². The van der Waals surface area contributed by atoms with Crippen molar-refractivity contribution in [3.63, 3.8) is 0 Å². The zero-order valence-electron chi connectivity index (χ0n) is 9.07. The summed E-state index contributed by atoms with van der Waals surface area (Å²) in [6.07, 6.45) is 4.06. The van der Waals surface area contributed by atoms with Crippen LogP contribution in [0.5, 0.6) is 0 Å². The summed E-state index contributed by atoms with van der Waals surface area (Å²) in [5, 5.41) is 0. The van der Waals surface area contributed by atoms with E-state index in [9.17, 15) is 0 Å². The maximum absolute atomic E-state index is 2.52. The number of hydrogen-bond acceptors (Lipinski definition) is 1. The highest BCUT2D eigenvalue weighted by Crippen LogP contribution is 2.36. The molecule has 0 atom stereocenters. The van der Waals surface area contributed by atoms with Crippen molar-refractivity contribution in [2.45, 2.75) is 58.0 Å². The zero-order valence-corrected chi connectivity index (χ0v) is 9.07. The Hall–Kier alpha value is -0.0800. The van der Waals surface area contributed by atoms with Crippen molar-refractivity contribution in [2.24, 2.45) is 0 Å². The number of nitrogens with zero attached hydrogens (tertiary/aromatic N) is 1. The Morgan fingerprint density at radius 3 is 1.50 bits per heavy atom. The fraction of sp³-hybridized carbons (Fsp3) is 1.00. The SMILES string of the molecule is CN1C(C)(C)CCCC1(C)C.O. The van der Waals surface area contributed by atoms with Crippen LogP contribution >= 0.6 is 0 Å². The first-order chi connectivity index (χ1) is 4.86. The van der Waals surface area contributed by atoms with E-state index in [2.05, 4.69) is 39.6 Å². The summed E-state index contributed by atoms with van der Waals surface area (Å²) in [5.41, 5.74) is 0.809. The monoisotopic (exact) mass is 173 g/mol. The van der Waals surface area contributed by atoms with E-state index in [0.717, 1.165) is 0 Å². The second-order valence-electron chi connectivity index (χ2n) is 5.04. The maximum atomic E-state index is 2.52. The van der Waals surface area contributed by atoms with Gasteiger partial charge in [-0.15, -0.1) is 0 Å². The summed E-state index contributed by atoms with van der Waals surface area (Å²) in [6.45, 7) is 9.36. The third kappa shape index (κ3) is 1.99. The van der Waals surface area contributed by atoms with Gasteiger partial charge >= 0.3 is 0 Å². The van der Waals surface area contributed by atoms with E-state index in [1.165, 1.54) is 19.3 Å². The lowest BCUT2D eigenvalue weighted by molar-refractivity contribution is -0.00199. The second kappa shape index (κ2) is 3.35. The second-order valence-corrected chi connectivity index (χ2v) is 5.04. The van der Waals surface area contributed by atoms with Gasteiger partial charge in [0.15, 0.2) is 0 Å². The van der Waals surface area contributed by atoms with Gasteiger partial charge in [0.1, 0.15) is 0 Å². The van der Waals surface area contributed by atoms with Crippen molar-refractivity contribution in [1.82, 2.24) is 4.90 Å². The highest BCUT2D eigenvalue weighted by molar-refractivity contribution is 4.94. The van der Waals surface area contributed by atoms with Gasteiger partial charge in [-0.1, -0.05) is 0 Å². The molecule has 2 heteroatoms. The van der Waals surface area contributed by atoms with Gasteiger partial charge in [-0.25, -0.2) is 0 Å². The lowest BCUT2D eigenvalue weighted by Crippen LogP contribution is -2.56. The fourth-order valence-electron chi connectivity index (χ4n) is 2.11. The molecule has 74 valence electrons. The Labute approximate surface area is 76.3 Å². The van der Waals surface area contributed by atoms with Crippen LogP contribution in [0.3, 0.4) is 0 Å². The van der Waals surface area contributed by atoms with Crippen molar-refractivity contribution in [3.05, 3.63) is 0 Å². The Balaban J connectivity index is 0.00000121. The molecule has 1 aliphatic rings. The Kier molecular flexibility index (Phi) is 3.32. The van der Waals surface area contributed by atoms with Gasteiger partial charge in [0, 0.05) is 11.1 Å². The third-order valence-electron chi connectivity index (χ3n) is 3.39. The molecular formula is C10H23NO. The molecule has 0 aromatic carbocycles. The van der Waals surface area contributed by atoms with E-state index in [-0.39, 0.29) is 5.48 Å². The Bertz CT molecular complexity index is 136. The van der Waals surface area contributed by atoms with Gasteiger partial charge in [0.2, 0.25) is 0 Å². The molecule has 1 heterocycles. The van der Waals surface area contributed by atoms with E-state index < -0.39 is 0 Å². The van der Waals surface area contributed by atoms with Crippen LogP contribution in [0.4, 0.5) is 0 Å². The van der Waals surface area contributed by atoms with Crippen LogP contribution in [0.2, 0.25) is 0 Å². The van der Waals surface area contributed by atoms with Gasteiger partial charge in [-0.3, -0.25) is 4.90 Å². The highest BCUT2D eigenvalue weighted by atomic mass is 16.0. The van der Waals surface area contributed by atoms with Gasteiger partial charge in [-0.05, 0) is 54.0 Å². The predicted molar refractivity (Wildman–Crippen MR) is 53.4 cm³/mol. The minimum absolute atomic E-state index is 0. The molecule has 0 amide bonds. The predicted octanol–water partition coefficient (Wildman–Crippen LogP) is 1.83. The average Bonchev–Trinajstić information content (AvgIpc) is 1.82. The van der Waals surface area contributed by atoms with Crippen LogP contribution in [0, 0.1) is 0 Å². The average molecular weight is 173 g/mol. The van der Waals surface area contributed by atoms with Crippen LogP contribution < -0.4 is 0 Å². The normalized spacial score (nSPS) is 27.8. The molecule has 1 fully saturated rings. The quantitative estimate of drug-likeness (QED) is 0.550. The highest BCUT2D eigenvalue weighted by Gasteiger charge is 2.37. The van der Waals surface area contributed by atoms with E-state index >= 15 is 0 Å². The molecule has 0 aliphatic carbocycles. The zero-order chi connectivity index (χ0) is 8.70. The van der Waals surface area contributed by atoms with Crippen LogP contribution in [0.15, 0.2) is 0 Å². The summed E-state index contributed by atoms with van der Waals surface area (Å²) in [5.74, 6) is 0. The summed E-state index contributed by atoms with van der Waals surface area (Å²) < 4.78 is 0.